The maximum absolute atomic E-state index is 11.4. The van der Waals surface area contributed by atoms with Crippen molar-refractivity contribution in [2.45, 2.75) is 19.5 Å². The Balaban J connectivity index is 2.39. The van der Waals surface area contributed by atoms with Gasteiger partial charge in [-0.2, -0.15) is 5.10 Å². The van der Waals surface area contributed by atoms with E-state index in [-0.39, 0.29) is 18.4 Å². The van der Waals surface area contributed by atoms with Crippen molar-refractivity contribution in [3.8, 4) is 0 Å². The zero-order chi connectivity index (χ0) is 11.3. The second kappa shape index (κ2) is 5.08. The molecule has 0 aliphatic heterocycles. The molecule has 0 aromatic carbocycles. The van der Waals surface area contributed by atoms with Crippen LogP contribution in [-0.2, 0) is 16.1 Å². The number of carbonyl (C=O) groups is 2. The van der Waals surface area contributed by atoms with Crippen LogP contribution >= 0.6 is 0 Å². The predicted octanol–water partition coefficient (Wildman–Crippen LogP) is -1.47. The van der Waals surface area contributed by atoms with Gasteiger partial charge in [0.05, 0.1) is 0 Å². The first kappa shape index (κ1) is 11.2. The molecule has 1 aromatic rings. The molecule has 2 amide bonds. The van der Waals surface area contributed by atoms with E-state index in [0.29, 0.717) is 0 Å². The number of nitrogens with one attached hydrogen (secondary N) is 2. The van der Waals surface area contributed by atoms with Gasteiger partial charge in [-0.3, -0.25) is 9.59 Å². The standard InChI is InChI=1S/C8H13N5O2/c1-6(8(15)9-2)12-7(14)3-13-5-10-4-11-13/h4-6H,3H2,1-2H3,(H,9,15)(H,12,14)/t6-/m0/s1. The molecule has 1 heterocycles. The molecule has 0 unspecified atom stereocenters. The molecular formula is C8H13N5O2. The molecule has 0 aliphatic rings. The number of carbonyl (C=O) groups excluding carboxylic acids is 2. The van der Waals surface area contributed by atoms with Crippen LogP contribution in [-0.4, -0.2) is 39.7 Å². The number of likely N-dealkylation sites (N-methyl/N-ethyl adjacent to an activating group) is 1. The van der Waals surface area contributed by atoms with Crippen molar-refractivity contribution in [2.24, 2.45) is 0 Å². The van der Waals surface area contributed by atoms with Gasteiger partial charge >= 0.3 is 0 Å². The molecule has 0 radical (unpaired) electrons. The van der Waals surface area contributed by atoms with Crippen LogP contribution in [0.15, 0.2) is 12.7 Å². The van der Waals surface area contributed by atoms with Gasteiger partial charge in [-0.1, -0.05) is 0 Å². The highest BCUT2D eigenvalue weighted by Crippen LogP contribution is 1.85. The Kier molecular flexibility index (Phi) is 3.78. The van der Waals surface area contributed by atoms with Crippen molar-refractivity contribution in [3.63, 3.8) is 0 Å². The molecule has 0 aliphatic carbocycles. The molecule has 2 N–H and O–H groups in total. The van der Waals surface area contributed by atoms with E-state index < -0.39 is 6.04 Å². The summed E-state index contributed by atoms with van der Waals surface area (Å²) in [6, 6.07) is -0.550. The first-order valence-electron chi connectivity index (χ1n) is 4.47. The van der Waals surface area contributed by atoms with E-state index in [2.05, 4.69) is 20.7 Å². The zero-order valence-corrected chi connectivity index (χ0v) is 8.60. The van der Waals surface area contributed by atoms with Gasteiger partial charge in [0.2, 0.25) is 11.8 Å². The average molecular weight is 211 g/mol. The molecule has 82 valence electrons. The molecule has 0 saturated carbocycles. The Labute approximate surface area is 86.9 Å². The fourth-order valence-corrected chi connectivity index (χ4v) is 1.03. The average Bonchev–Trinajstić information content (AvgIpc) is 2.68. The van der Waals surface area contributed by atoms with Crippen LogP contribution in [0.5, 0.6) is 0 Å². The van der Waals surface area contributed by atoms with Crippen LogP contribution < -0.4 is 10.6 Å². The van der Waals surface area contributed by atoms with Gasteiger partial charge in [-0.25, -0.2) is 9.67 Å². The third kappa shape index (κ3) is 3.37. The zero-order valence-electron chi connectivity index (χ0n) is 8.60. The van der Waals surface area contributed by atoms with Crippen LogP contribution in [0, 0.1) is 0 Å². The summed E-state index contributed by atoms with van der Waals surface area (Å²) in [5.74, 6) is -0.515. The summed E-state index contributed by atoms with van der Waals surface area (Å²) in [6.07, 6.45) is 2.78. The van der Waals surface area contributed by atoms with Gasteiger partial charge in [-0.15, -0.1) is 0 Å². The first-order valence-corrected chi connectivity index (χ1v) is 4.47. The number of rotatable bonds is 4. The highest BCUT2D eigenvalue weighted by molar-refractivity contribution is 5.86. The summed E-state index contributed by atoms with van der Waals surface area (Å²) in [5, 5.41) is 8.74. The molecule has 1 atom stereocenters. The first-order chi connectivity index (χ1) is 7.13. The summed E-state index contributed by atoms with van der Waals surface area (Å²) in [4.78, 5) is 26.1. The Bertz CT molecular complexity index is 335. The third-order valence-corrected chi connectivity index (χ3v) is 1.79. The smallest absolute Gasteiger partial charge is 0.242 e. The lowest BCUT2D eigenvalue weighted by Gasteiger charge is -2.11. The van der Waals surface area contributed by atoms with Crippen molar-refractivity contribution in [1.29, 1.82) is 0 Å². The van der Waals surface area contributed by atoms with Gasteiger partial charge in [0.15, 0.2) is 0 Å². The van der Waals surface area contributed by atoms with E-state index >= 15 is 0 Å². The molecule has 0 fully saturated rings. The number of hydrogen-bond acceptors (Lipinski definition) is 4. The van der Waals surface area contributed by atoms with Crippen LogP contribution in [0.4, 0.5) is 0 Å². The SMILES string of the molecule is CNC(=O)[C@H](C)NC(=O)Cn1cncn1. The summed E-state index contributed by atoms with van der Waals surface area (Å²) in [5.41, 5.74) is 0. The van der Waals surface area contributed by atoms with Crippen molar-refractivity contribution >= 4 is 11.8 Å². The lowest BCUT2D eigenvalue weighted by Crippen LogP contribution is -2.44. The molecule has 1 rings (SSSR count). The molecule has 0 saturated heterocycles. The monoisotopic (exact) mass is 211 g/mol. The fourth-order valence-electron chi connectivity index (χ4n) is 1.03. The van der Waals surface area contributed by atoms with Gasteiger partial charge in [0.25, 0.3) is 0 Å². The second-order valence-electron chi connectivity index (χ2n) is 3.00. The molecule has 7 nitrogen and oxygen atoms in total. The number of amides is 2. The maximum atomic E-state index is 11.4. The lowest BCUT2D eigenvalue weighted by atomic mass is 10.3. The molecular weight excluding hydrogens is 198 g/mol. The minimum atomic E-state index is -0.550. The summed E-state index contributed by atoms with van der Waals surface area (Å²) in [7, 11) is 1.52. The maximum Gasteiger partial charge on any atom is 0.242 e. The normalized spacial score (nSPS) is 11.9. The van der Waals surface area contributed by atoms with E-state index in [4.69, 9.17) is 0 Å². The number of nitrogens with zero attached hydrogens (tertiary/aromatic N) is 3. The Morgan fingerprint density at radius 1 is 1.53 bits per heavy atom. The Hall–Kier alpha value is -1.92. The van der Waals surface area contributed by atoms with Crippen LogP contribution in [0.25, 0.3) is 0 Å². The minimum absolute atomic E-state index is 0.0569. The fraction of sp³-hybridized carbons (Fsp3) is 0.500. The van der Waals surface area contributed by atoms with Crippen molar-refractivity contribution < 1.29 is 9.59 Å². The largest absolute Gasteiger partial charge is 0.357 e. The minimum Gasteiger partial charge on any atom is -0.357 e. The van der Waals surface area contributed by atoms with E-state index in [9.17, 15) is 9.59 Å². The second-order valence-corrected chi connectivity index (χ2v) is 3.00. The van der Waals surface area contributed by atoms with Crippen molar-refractivity contribution in [1.82, 2.24) is 25.4 Å². The van der Waals surface area contributed by atoms with Crippen molar-refractivity contribution in [2.75, 3.05) is 7.05 Å². The predicted molar refractivity (Wildman–Crippen MR) is 51.7 cm³/mol. The van der Waals surface area contributed by atoms with Crippen LogP contribution in [0.3, 0.4) is 0 Å². The highest BCUT2D eigenvalue weighted by atomic mass is 16.2. The van der Waals surface area contributed by atoms with Crippen LogP contribution in [0.2, 0.25) is 0 Å². The topological polar surface area (TPSA) is 88.9 Å². The lowest BCUT2D eigenvalue weighted by molar-refractivity contribution is -0.128. The van der Waals surface area contributed by atoms with Gasteiger partial charge in [0, 0.05) is 7.05 Å². The summed E-state index contributed by atoms with van der Waals surface area (Å²) >= 11 is 0. The Morgan fingerprint density at radius 2 is 2.27 bits per heavy atom. The Morgan fingerprint density at radius 3 is 2.80 bits per heavy atom. The van der Waals surface area contributed by atoms with E-state index in [1.54, 1.807) is 6.92 Å². The molecule has 15 heavy (non-hydrogen) atoms. The number of hydrogen-bond donors (Lipinski definition) is 2. The van der Waals surface area contributed by atoms with Gasteiger partial charge in [0.1, 0.15) is 25.2 Å². The van der Waals surface area contributed by atoms with Gasteiger partial charge in [-0.05, 0) is 6.92 Å². The summed E-state index contributed by atoms with van der Waals surface area (Å²) in [6.45, 7) is 1.67. The van der Waals surface area contributed by atoms with Crippen molar-refractivity contribution in [3.05, 3.63) is 12.7 Å². The van der Waals surface area contributed by atoms with E-state index in [1.165, 1.54) is 24.4 Å². The molecule has 1 aromatic heterocycles. The molecule has 7 heteroatoms. The number of aromatic nitrogens is 3. The highest BCUT2D eigenvalue weighted by Gasteiger charge is 2.13. The molecule has 0 bridgehead atoms. The van der Waals surface area contributed by atoms with E-state index in [0.717, 1.165) is 0 Å². The quantitative estimate of drug-likeness (QED) is 0.636. The van der Waals surface area contributed by atoms with Crippen LogP contribution in [0.1, 0.15) is 6.92 Å². The molecule has 0 spiro atoms. The third-order valence-electron chi connectivity index (χ3n) is 1.79. The van der Waals surface area contributed by atoms with Gasteiger partial charge < -0.3 is 10.6 Å². The van der Waals surface area contributed by atoms with E-state index in [1.807, 2.05) is 0 Å². The summed E-state index contributed by atoms with van der Waals surface area (Å²) < 4.78 is 1.38.